The van der Waals surface area contributed by atoms with E-state index in [1.165, 1.54) is 13.0 Å². The van der Waals surface area contributed by atoms with E-state index in [0.29, 0.717) is 5.69 Å². The minimum absolute atomic E-state index is 0.0676. The Labute approximate surface area is 128 Å². The number of aliphatic carboxylic acids is 1. The van der Waals surface area contributed by atoms with E-state index in [2.05, 4.69) is 0 Å². The van der Waals surface area contributed by atoms with Gasteiger partial charge in [-0.05, 0) is 36.6 Å². The van der Waals surface area contributed by atoms with Crippen LogP contribution in [0.15, 0.2) is 41.2 Å². The van der Waals surface area contributed by atoms with Gasteiger partial charge in [-0.2, -0.15) is 5.26 Å². The third-order valence-electron chi connectivity index (χ3n) is 3.64. The highest BCUT2D eigenvalue weighted by Gasteiger charge is 2.20. The van der Waals surface area contributed by atoms with Crippen molar-refractivity contribution in [1.82, 2.24) is 4.57 Å². The predicted octanol–water partition coefficient (Wildman–Crippen LogP) is 2.59. The van der Waals surface area contributed by atoms with E-state index in [9.17, 15) is 14.7 Å². The van der Waals surface area contributed by atoms with Crippen LogP contribution in [-0.2, 0) is 11.2 Å². The van der Waals surface area contributed by atoms with Crippen LogP contribution in [0.1, 0.15) is 31.0 Å². The minimum atomic E-state index is -1.12. The van der Waals surface area contributed by atoms with Crippen LogP contribution in [0.25, 0.3) is 11.3 Å². The summed E-state index contributed by atoms with van der Waals surface area (Å²) in [5, 5.41) is 18.2. The lowest BCUT2D eigenvalue weighted by Crippen LogP contribution is -2.30. The van der Waals surface area contributed by atoms with Gasteiger partial charge in [0.25, 0.3) is 5.56 Å². The number of nitriles is 1. The van der Waals surface area contributed by atoms with Crippen molar-refractivity contribution in [1.29, 1.82) is 5.26 Å². The molecule has 1 aromatic heterocycles. The first kappa shape index (κ1) is 15.5. The number of hydrogen-bond acceptors (Lipinski definition) is 3. The molecule has 0 aliphatic carbocycles. The second-order valence-electron chi connectivity index (χ2n) is 4.98. The smallest absolute Gasteiger partial charge is 0.326 e. The first-order valence-electron chi connectivity index (χ1n) is 6.97. The van der Waals surface area contributed by atoms with Crippen LogP contribution in [0.3, 0.4) is 0 Å². The summed E-state index contributed by atoms with van der Waals surface area (Å²) in [5.41, 5.74) is 1.72. The number of aromatic nitrogens is 1. The molecule has 0 aliphatic rings. The number of aryl methyl sites for hydroxylation is 1. The van der Waals surface area contributed by atoms with Crippen molar-refractivity contribution in [2.24, 2.45) is 0 Å². The molecule has 1 heterocycles. The molecule has 0 radical (unpaired) electrons. The molecule has 0 fully saturated rings. The highest BCUT2D eigenvalue weighted by atomic mass is 16.4. The van der Waals surface area contributed by atoms with Gasteiger partial charge in [0, 0.05) is 0 Å². The lowest BCUT2D eigenvalue weighted by atomic mass is 10.1. The number of carboxylic acid groups (broad SMARTS) is 1. The average molecular weight is 296 g/mol. The molecule has 5 nitrogen and oxygen atoms in total. The van der Waals surface area contributed by atoms with Crippen molar-refractivity contribution in [3.63, 3.8) is 0 Å². The van der Waals surface area contributed by atoms with Gasteiger partial charge in [0.15, 0.2) is 0 Å². The maximum Gasteiger partial charge on any atom is 0.326 e. The van der Waals surface area contributed by atoms with Crippen LogP contribution >= 0.6 is 0 Å². The Morgan fingerprint density at radius 3 is 2.41 bits per heavy atom. The van der Waals surface area contributed by atoms with Crippen LogP contribution < -0.4 is 5.56 Å². The first-order valence-corrected chi connectivity index (χ1v) is 6.97. The Balaban J connectivity index is 2.69. The summed E-state index contributed by atoms with van der Waals surface area (Å²) in [5.74, 6) is -1.12. The van der Waals surface area contributed by atoms with Crippen LogP contribution in [0.2, 0.25) is 0 Å². The van der Waals surface area contributed by atoms with Gasteiger partial charge in [-0.1, -0.05) is 31.2 Å². The number of hydrogen-bond donors (Lipinski definition) is 1. The van der Waals surface area contributed by atoms with E-state index < -0.39 is 17.6 Å². The van der Waals surface area contributed by atoms with Gasteiger partial charge in [-0.15, -0.1) is 0 Å². The maximum atomic E-state index is 12.3. The summed E-state index contributed by atoms with van der Waals surface area (Å²) in [6, 6.07) is 11.4. The first-order chi connectivity index (χ1) is 10.5. The fourth-order valence-corrected chi connectivity index (χ4v) is 2.28. The van der Waals surface area contributed by atoms with E-state index in [0.717, 1.165) is 22.1 Å². The Kier molecular flexibility index (Phi) is 4.42. The van der Waals surface area contributed by atoms with Gasteiger partial charge in [0.1, 0.15) is 17.7 Å². The number of pyridine rings is 1. The highest BCUT2D eigenvalue weighted by molar-refractivity contribution is 5.73. The van der Waals surface area contributed by atoms with Crippen LogP contribution in [0.5, 0.6) is 0 Å². The van der Waals surface area contributed by atoms with Crippen molar-refractivity contribution in [2.75, 3.05) is 0 Å². The Morgan fingerprint density at radius 1 is 1.27 bits per heavy atom. The van der Waals surface area contributed by atoms with Gasteiger partial charge in [-0.25, -0.2) is 4.79 Å². The number of nitrogens with zero attached hydrogens (tertiary/aromatic N) is 2. The van der Waals surface area contributed by atoms with Gasteiger partial charge < -0.3 is 5.11 Å². The maximum absolute atomic E-state index is 12.3. The molecule has 0 amide bonds. The molecule has 1 atom stereocenters. The third kappa shape index (κ3) is 2.77. The molecule has 1 N–H and O–H groups in total. The molecule has 2 rings (SSSR count). The number of benzene rings is 1. The minimum Gasteiger partial charge on any atom is -0.480 e. The second-order valence-corrected chi connectivity index (χ2v) is 4.98. The molecule has 0 spiro atoms. The monoisotopic (exact) mass is 296 g/mol. The van der Waals surface area contributed by atoms with Gasteiger partial charge in [0.2, 0.25) is 0 Å². The molecule has 5 heteroatoms. The molecule has 0 bridgehead atoms. The van der Waals surface area contributed by atoms with Crippen molar-refractivity contribution in [3.05, 3.63) is 57.9 Å². The summed E-state index contributed by atoms with van der Waals surface area (Å²) in [6.07, 6.45) is 0.895. The molecule has 0 saturated heterocycles. The topological polar surface area (TPSA) is 83.1 Å². The molecule has 1 aromatic carbocycles. The number of rotatable bonds is 4. The second kappa shape index (κ2) is 6.27. The number of carbonyl (C=O) groups is 1. The summed E-state index contributed by atoms with van der Waals surface area (Å²) in [6.45, 7) is 3.47. The standard InChI is InChI=1S/C17H16N2O3/c1-3-12-4-6-13(7-5-12)15-9-8-14(10-18)16(20)19(15)11(2)17(21)22/h4-9,11H,3H2,1-2H3,(H,21,22). The normalized spacial score (nSPS) is 11.7. The predicted molar refractivity (Wildman–Crippen MR) is 82.6 cm³/mol. The van der Waals surface area contributed by atoms with Crippen LogP contribution in [-0.4, -0.2) is 15.6 Å². The largest absolute Gasteiger partial charge is 0.480 e. The third-order valence-corrected chi connectivity index (χ3v) is 3.64. The summed E-state index contributed by atoms with van der Waals surface area (Å²) in [7, 11) is 0. The Hall–Kier alpha value is -2.87. The van der Waals surface area contributed by atoms with Crippen molar-refractivity contribution >= 4 is 5.97 Å². The summed E-state index contributed by atoms with van der Waals surface area (Å²) < 4.78 is 1.15. The van der Waals surface area contributed by atoms with E-state index in [-0.39, 0.29) is 5.56 Å². The number of carboxylic acids is 1. The Bertz CT molecular complexity index is 798. The van der Waals surface area contributed by atoms with Crippen molar-refractivity contribution in [2.45, 2.75) is 26.3 Å². The van der Waals surface area contributed by atoms with Crippen molar-refractivity contribution < 1.29 is 9.90 Å². The summed E-state index contributed by atoms with van der Waals surface area (Å²) >= 11 is 0. The van der Waals surface area contributed by atoms with E-state index >= 15 is 0 Å². The molecule has 22 heavy (non-hydrogen) atoms. The average Bonchev–Trinajstić information content (AvgIpc) is 2.54. The zero-order chi connectivity index (χ0) is 16.3. The fraction of sp³-hybridized carbons (Fsp3) is 0.235. The molecule has 0 saturated carbocycles. The highest BCUT2D eigenvalue weighted by Crippen LogP contribution is 2.22. The van der Waals surface area contributed by atoms with Gasteiger partial charge >= 0.3 is 5.97 Å². The van der Waals surface area contributed by atoms with Crippen LogP contribution in [0.4, 0.5) is 0 Å². The quantitative estimate of drug-likeness (QED) is 0.940. The molecule has 1 unspecified atom stereocenters. The SMILES string of the molecule is CCc1ccc(-c2ccc(C#N)c(=O)n2C(C)C(=O)O)cc1. The zero-order valence-electron chi connectivity index (χ0n) is 12.4. The van der Waals surface area contributed by atoms with E-state index in [4.69, 9.17) is 5.26 Å². The zero-order valence-corrected chi connectivity index (χ0v) is 12.4. The molecule has 112 valence electrons. The Morgan fingerprint density at radius 2 is 1.91 bits per heavy atom. The fourth-order valence-electron chi connectivity index (χ4n) is 2.28. The van der Waals surface area contributed by atoms with E-state index in [1.807, 2.05) is 31.2 Å². The molecule has 2 aromatic rings. The van der Waals surface area contributed by atoms with Crippen molar-refractivity contribution in [3.8, 4) is 17.3 Å². The lowest BCUT2D eigenvalue weighted by Gasteiger charge is -2.17. The van der Waals surface area contributed by atoms with Gasteiger partial charge in [-0.3, -0.25) is 9.36 Å². The van der Waals surface area contributed by atoms with Crippen LogP contribution in [0, 0.1) is 11.3 Å². The van der Waals surface area contributed by atoms with Gasteiger partial charge in [0.05, 0.1) is 5.69 Å². The summed E-state index contributed by atoms with van der Waals surface area (Å²) in [4.78, 5) is 23.6. The van der Waals surface area contributed by atoms with E-state index in [1.54, 1.807) is 12.1 Å². The molecule has 0 aliphatic heterocycles. The molecular weight excluding hydrogens is 280 g/mol. The lowest BCUT2D eigenvalue weighted by molar-refractivity contribution is -0.140. The molecular formula is C17H16N2O3.